The molecule has 0 aromatic heterocycles. The van der Waals surface area contributed by atoms with Gasteiger partial charge >= 0.3 is 0 Å². The Hall–Kier alpha value is -0.610. The minimum atomic E-state index is -0.864. The van der Waals surface area contributed by atoms with E-state index >= 15 is 0 Å². The number of aliphatic hydroxyl groups is 1. The molecule has 0 heterocycles. The molecule has 0 fully saturated rings. The molecule has 4 nitrogen and oxygen atoms in total. The Morgan fingerprint density at radius 2 is 2.36 bits per heavy atom. The van der Waals surface area contributed by atoms with Gasteiger partial charge in [0.2, 0.25) is 6.41 Å². The Balaban J connectivity index is 3.51. The van der Waals surface area contributed by atoms with Gasteiger partial charge in [-0.05, 0) is 6.92 Å². The highest BCUT2D eigenvalue weighted by molar-refractivity contribution is 5.46. The summed E-state index contributed by atoms with van der Waals surface area (Å²) in [6.45, 7) is 2.41. The van der Waals surface area contributed by atoms with Crippen molar-refractivity contribution in [3.8, 4) is 0 Å². The zero-order chi connectivity index (χ0) is 8.74. The number of nitrogens with one attached hydrogen (secondary N) is 1. The second-order valence-electron chi connectivity index (χ2n) is 2.74. The largest absolute Gasteiger partial charge is 0.388 e. The topological polar surface area (TPSA) is 58.6 Å². The van der Waals surface area contributed by atoms with E-state index in [9.17, 15) is 9.90 Å². The predicted octanol–water partition coefficient (Wildman–Crippen LogP) is -0.480. The summed E-state index contributed by atoms with van der Waals surface area (Å²) in [7, 11) is 1.57. The van der Waals surface area contributed by atoms with Crippen LogP contribution in [0.2, 0.25) is 0 Å². The SMILES string of the molecule is COCCC(C)(O)CNC=O. The number of carbonyl (C=O) groups excluding carboxylic acids is 1. The van der Waals surface area contributed by atoms with Crippen LogP contribution >= 0.6 is 0 Å². The van der Waals surface area contributed by atoms with E-state index in [2.05, 4.69) is 5.32 Å². The van der Waals surface area contributed by atoms with Crippen molar-refractivity contribution in [2.24, 2.45) is 0 Å². The lowest BCUT2D eigenvalue weighted by Crippen LogP contribution is -2.38. The monoisotopic (exact) mass is 161 g/mol. The van der Waals surface area contributed by atoms with Crippen LogP contribution in [0.4, 0.5) is 0 Å². The van der Waals surface area contributed by atoms with Crippen LogP contribution in [0.3, 0.4) is 0 Å². The number of carbonyl (C=O) groups is 1. The third kappa shape index (κ3) is 5.82. The molecule has 0 rings (SSSR count). The third-order valence-electron chi connectivity index (χ3n) is 1.41. The van der Waals surface area contributed by atoms with Crippen LogP contribution in [-0.2, 0) is 9.53 Å². The fraction of sp³-hybridized carbons (Fsp3) is 0.857. The number of rotatable bonds is 6. The van der Waals surface area contributed by atoms with E-state index in [0.29, 0.717) is 19.4 Å². The Labute approximate surface area is 66.5 Å². The molecule has 0 saturated heterocycles. The summed E-state index contributed by atoms with van der Waals surface area (Å²) >= 11 is 0. The molecule has 0 aromatic carbocycles. The highest BCUT2D eigenvalue weighted by atomic mass is 16.5. The number of hydrogen-bond donors (Lipinski definition) is 2. The zero-order valence-electron chi connectivity index (χ0n) is 6.96. The summed E-state index contributed by atoms with van der Waals surface area (Å²) in [6.07, 6.45) is 1.09. The summed E-state index contributed by atoms with van der Waals surface area (Å²) in [5, 5.41) is 11.9. The smallest absolute Gasteiger partial charge is 0.207 e. The van der Waals surface area contributed by atoms with Gasteiger partial charge in [0.25, 0.3) is 0 Å². The van der Waals surface area contributed by atoms with Crippen molar-refractivity contribution in [1.29, 1.82) is 0 Å². The number of hydrogen-bond acceptors (Lipinski definition) is 3. The van der Waals surface area contributed by atoms with Crippen molar-refractivity contribution in [3.63, 3.8) is 0 Å². The van der Waals surface area contributed by atoms with Gasteiger partial charge in [0, 0.05) is 26.7 Å². The average Bonchev–Trinajstić information content (AvgIpc) is 1.97. The van der Waals surface area contributed by atoms with Crippen molar-refractivity contribution < 1.29 is 14.6 Å². The second-order valence-corrected chi connectivity index (χ2v) is 2.74. The van der Waals surface area contributed by atoms with Crippen LogP contribution in [0, 0.1) is 0 Å². The first kappa shape index (κ1) is 10.4. The number of ether oxygens (including phenoxy) is 1. The van der Waals surface area contributed by atoms with Gasteiger partial charge in [-0.15, -0.1) is 0 Å². The zero-order valence-corrected chi connectivity index (χ0v) is 6.96. The van der Waals surface area contributed by atoms with E-state index in [0.717, 1.165) is 0 Å². The summed E-state index contributed by atoms with van der Waals surface area (Å²) in [4.78, 5) is 9.87. The molecule has 0 spiro atoms. The molecule has 0 saturated carbocycles. The average molecular weight is 161 g/mol. The minimum absolute atomic E-state index is 0.264. The minimum Gasteiger partial charge on any atom is -0.388 e. The molecule has 1 atom stereocenters. The first-order chi connectivity index (χ1) is 5.12. The van der Waals surface area contributed by atoms with Gasteiger partial charge in [-0.25, -0.2) is 0 Å². The number of methoxy groups -OCH3 is 1. The molecule has 0 radical (unpaired) electrons. The fourth-order valence-electron chi connectivity index (χ4n) is 0.672. The van der Waals surface area contributed by atoms with Crippen LogP contribution in [0.25, 0.3) is 0 Å². The molecule has 2 N–H and O–H groups in total. The van der Waals surface area contributed by atoms with E-state index in [1.54, 1.807) is 14.0 Å². The van der Waals surface area contributed by atoms with Gasteiger partial charge in [0.1, 0.15) is 0 Å². The molecular weight excluding hydrogens is 146 g/mol. The molecular formula is C7H15NO3. The van der Waals surface area contributed by atoms with E-state index in [4.69, 9.17) is 4.74 Å². The summed E-state index contributed by atoms with van der Waals surface area (Å²) in [5.41, 5.74) is -0.864. The molecule has 0 bridgehead atoms. The Morgan fingerprint density at radius 3 is 2.82 bits per heavy atom. The van der Waals surface area contributed by atoms with Gasteiger partial charge in [-0.2, -0.15) is 0 Å². The van der Waals surface area contributed by atoms with Crippen molar-refractivity contribution in [1.82, 2.24) is 5.32 Å². The van der Waals surface area contributed by atoms with Crippen molar-refractivity contribution in [3.05, 3.63) is 0 Å². The molecule has 66 valence electrons. The van der Waals surface area contributed by atoms with Crippen LogP contribution in [0.5, 0.6) is 0 Å². The van der Waals surface area contributed by atoms with E-state index in [1.807, 2.05) is 0 Å². The lowest BCUT2D eigenvalue weighted by molar-refractivity contribution is -0.110. The Kier molecular flexibility index (Phi) is 4.81. The van der Waals surface area contributed by atoms with Crippen molar-refractivity contribution >= 4 is 6.41 Å². The molecule has 11 heavy (non-hydrogen) atoms. The normalized spacial score (nSPS) is 15.5. The van der Waals surface area contributed by atoms with Gasteiger partial charge in [0.05, 0.1) is 5.60 Å². The van der Waals surface area contributed by atoms with Gasteiger partial charge < -0.3 is 15.2 Å². The predicted molar refractivity (Wildman–Crippen MR) is 41.2 cm³/mol. The van der Waals surface area contributed by atoms with Crippen molar-refractivity contribution in [2.75, 3.05) is 20.3 Å². The van der Waals surface area contributed by atoms with Crippen LogP contribution in [0.15, 0.2) is 0 Å². The second kappa shape index (κ2) is 5.09. The van der Waals surface area contributed by atoms with E-state index in [1.165, 1.54) is 0 Å². The fourth-order valence-corrected chi connectivity index (χ4v) is 0.672. The van der Waals surface area contributed by atoms with Crippen LogP contribution in [-0.4, -0.2) is 37.4 Å². The quantitative estimate of drug-likeness (QED) is 0.517. The first-order valence-electron chi connectivity index (χ1n) is 3.51. The van der Waals surface area contributed by atoms with Crippen LogP contribution < -0.4 is 5.32 Å². The van der Waals surface area contributed by atoms with Crippen LogP contribution in [0.1, 0.15) is 13.3 Å². The van der Waals surface area contributed by atoms with E-state index < -0.39 is 5.60 Å². The maximum absolute atomic E-state index is 9.87. The van der Waals surface area contributed by atoms with Gasteiger partial charge in [0.15, 0.2) is 0 Å². The van der Waals surface area contributed by atoms with Gasteiger partial charge in [-0.1, -0.05) is 0 Å². The third-order valence-corrected chi connectivity index (χ3v) is 1.41. The summed E-state index contributed by atoms with van der Waals surface area (Å²) < 4.78 is 4.78. The molecule has 0 aliphatic rings. The Bertz CT molecular complexity index is 114. The molecule has 4 heteroatoms. The molecule has 1 amide bonds. The van der Waals surface area contributed by atoms with Crippen molar-refractivity contribution in [2.45, 2.75) is 18.9 Å². The van der Waals surface area contributed by atoms with Gasteiger partial charge in [-0.3, -0.25) is 4.79 Å². The standard InChI is InChI=1S/C7H15NO3/c1-7(10,3-4-11-2)5-8-6-9/h6,10H,3-5H2,1-2H3,(H,8,9). The molecule has 1 unspecified atom stereocenters. The molecule has 0 aliphatic carbocycles. The first-order valence-corrected chi connectivity index (χ1v) is 3.51. The highest BCUT2D eigenvalue weighted by Crippen LogP contribution is 2.06. The molecule has 0 aliphatic heterocycles. The highest BCUT2D eigenvalue weighted by Gasteiger charge is 2.18. The summed E-state index contributed by atoms with van der Waals surface area (Å²) in [6, 6.07) is 0. The lowest BCUT2D eigenvalue weighted by Gasteiger charge is -2.21. The number of amides is 1. The van der Waals surface area contributed by atoms with E-state index in [-0.39, 0.29) is 6.54 Å². The summed E-state index contributed by atoms with van der Waals surface area (Å²) in [5.74, 6) is 0. The Morgan fingerprint density at radius 1 is 1.73 bits per heavy atom. The maximum Gasteiger partial charge on any atom is 0.207 e. The molecule has 0 aromatic rings. The maximum atomic E-state index is 9.87. The lowest BCUT2D eigenvalue weighted by atomic mass is 10.0.